The van der Waals surface area contributed by atoms with Crippen LogP contribution >= 0.6 is 0 Å². The Hall–Kier alpha value is -2.81. The highest BCUT2D eigenvalue weighted by Crippen LogP contribution is 2.41. The number of allylic oxidation sites excluding steroid dienone is 1. The summed E-state index contributed by atoms with van der Waals surface area (Å²) in [4.78, 5) is 12.0. The van der Waals surface area contributed by atoms with Crippen molar-refractivity contribution >= 4 is 16.7 Å². The van der Waals surface area contributed by atoms with Gasteiger partial charge in [0.25, 0.3) is 0 Å². The van der Waals surface area contributed by atoms with E-state index in [1.54, 1.807) is 0 Å². The van der Waals surface area contributed by atoms with Gasteiger partial charge < -0.3 is 10.3 Å². The maximum atomic E-state index is 12.0. The molecule has 1 amide bonds. The fourth-order valence-electron chi connectivity index (χ4n) is 3.84. The van der Waals surface area contributed by atoms with Crippen LogP contribution in [0.1, 0.15) is 23.9 Å². The van der Waals surface area contributed by atoms with Crippen LogP contribution < -0.4 is 5.73 Å². The van der Waals surface area contributed by atoms with Crippen molar-refractivity contribution in [1.29, 1.82) is 0 Å². The quantitative estimate of drug-likeness (QED) is 0.729. The fourth-order valence-corrected chi connectivity index (χ4v) is 3.84. The van der Waals surface area contributed by atoms with Gasteiger partial charge in [-0.3, -0.25) is 4.79 Å². The largest absolute Gasteiger partial charge is 0.369 e. The number of hydrogen-bond acceptors (Lipinski definition) is 1. The Bertz CT molecular complexity index is 890. The van der Waals surface area contributed by atoms with Crippen LogP contribution in [0.25, 0.3) is 10.8 Å². The van der Waals surface area contributed by atoms with Gasteiger partial charge in [0.1, 0.15) is 0 Å². The Kier molecular flexibility index (Phi) is 3.69. The molecule has 3 aromatic rings. The van der Waals surface area contributed by atoms with Gasteiger partial charge in [0, 0.05) is 18.3 Å². The smallest absolute Gasteiger partial charge is 0.224 e. The van der Waals surface area contributed by atoms with E-state index < -0.39 is 0 Å². The summed E-state index contributed by atoms with van der Waals surface area (Å²) in [5, 5.41) is 2.41. The van der Waals surface area contributed by atoms with Gasteiger partial charge in [-0.15, -0.1) is 0 Å². The Labute approximate surface area is 141 Å². The summed E-state index contributed by atoms with van der Waals surface area (Å²) >= 11 is 0. The molecule has 3 heteroatoms. The SMILES string of the molecule is NC(=O)C1C=CC(n2cccc2)CC1c1cccc2ccccc12. The highest BCUT2D eigenvalue weighted by atomic mass is 16.1. The molecule has 0 aliphatic heterocycles. The van der Waals surface area contributed by atoms with Gasteiger partial charge >= 0.3 is 0 Å². The zero-order valence-electron chi connectivity index (χ0n) is 13.4. The molecule has 0 bridgehead atoms. The minimum Gasteiger partial charge on any atom is -0.369 e. The van der Waals surface area contributed by atoms with E-state index >= 15 is 0 Å². The van der Waals surface area contributed by atoms with Gasteiger partial charge in [-0.05, 0) is 34.9 Å². The summed E-state index contributed by atoms with van der Waals surface area (Å²) in [5.41, 5.74) is 6.91. The highest BCUT2D eigenvalue weighted by molar-refractivity contribution is 5.88. The lowest BCUT2D eigenvalue weighted by atomic mass is 9.75. The van der Waals surface area contributed by atoms with Crippen molar-refractivity contribution in [3.63, 3.8) is 0 Å². The van der Waals surface area contributed by atoms with E-state index in [-0.39, 0.29) is 23.8 Å². The first-order chi connectivity index (χ1) is 11.7. The van der Waals surface area contributed by atoms with Crippen LogP contribution in [0.5, 0.6) is 0 Å². The van der Waals surface area contributed by atoms with Gasteiger partial charge in [0.05, 0.1) is 12.0 Å². The first-order valence-electron chi connectivity index (χ1n) is 8.32. The molecule has 2 N–H and O–H groups in total. The Morgan fingerprint density at radius 1 is 0.958 bits per heavy atom. The Balaban J connectivity index is 1.81. The molecular weight excluding hydrogens is 296 g/mol. The number of hydrogen-bond donors (Lipinski definition) is 1. The number of rotatable bonds is 3. The molecule has 1 aliphatic rings. The van der Waals surface area contributed by atoms with Crippen LogP contribution in [0.15, 0.2) is 79.1 Å². The molecule has 120 valence electrons. The predicted molar refractivity (Wildman–Crippen MR) is 96.6 cm³/mol. The molecule has 1 heterocycles. The number of aromatic nitrogens is 1. The van der Waals surface area contributed by atoms with Crippen LogP contribution in [0.4, 0.5) is 0 Å². The molecule has 0 radical (unpaired) electrons. The summed E-state index contributed by atoms with van der Waals surface area (Å²) in [7, 11) is 0. The molecule has 0 fully saturated rings. The molecule has 3 unspecified atom stereocenters. The third-order valence-electron chi connectivity index (χ3n) is 5.03. The van der Waals surface area contributed by atoms with Gasteiger partial charge in [-0.1, -0.05) is 54.6 Å². The number of fused-ring (bicyclic) bond motifs is 1. The van der Waals surface area contributed by atoms with E-state index in [4.69, 9.17) is 5.73 Å². The van der Waals surface area contributed by atoms with Crippen molar-refractivity contribution < 1.29 is 4.79 Å². The van der Waals surface area contributed by atoms with Gasteiger partial charge in [0.2, 0.25) is 5.91 Å². The van der Waals surface area contributed by atoms with Crippen LogP contribution in [-0.2, 0) is 4.79 Å². The molecule has 1 aromatic heterocycles. The molecule has 4 rings (SSSR count). The van der Waals surface area contributed by atoms with Gasteiger partial charge in [-0.25, -0.2) is 0 Å². The summed E-state index contributed by atoms with van der Waals surface area (Å²) in [5.74, 6) is -0.427. The number of carbonyl (C=O) groups excluding carboxylic acids is 1. The van der Waals surface area contributed by atoms with Crippen molar-refractivity contribution in [2.75, 3.05) is 0 Å². The van der Waals surface area contributed by atoms with Gasteiger partial charge in [-0.2, -0.15) is 0 Å². The van der Waals surface area contributed by atoms with E-state index in [0.717, 1.165) is 6.42 Å². The van der Waals surface area contributed by atoms with Crippen LogP contribution in [0.3, 0.4) is 0 Å². The first kappa shape index (κ1) is 14.8. The zero-order valence-corrected chi connectivity index (χ0v) is 13.4. The second kappa shape index (κ2) is 6.00. The predicted octanol–water partition coefficient (Wildman–Crippen LogP) is 4.03. The molecule has 0 spiro atoms. The average molecular weight is 316 g/mol. The molecule has 1 aliphatic carbocycles. The second-order valence-corrected chi connectivity index (χ2v) is 6.42. The van der Waals surface area contributed by atoms with Crippen molar-refractivity contribution in [3.8, 4) is 0 Å². The third-order valence-corrected chi connectivity index (χ3v) is 5.03. The lowest BCUT2D eigenvalue weighted by molar-refractivity contribution is -0.121. The summed E-state index contributed by atoms with van der Waals surface area (Å²) in [6, 6.07) is 19.0. The third kappa shape index (κ3) is 2.52. The summed E-state index contributed by atoms with van der Waals surface area (Å²) in [6.45, 7) is 0. The van der Waals surface area contributed by atoms with Crippen LogP contribution in [-0.4, -0.2) is 10.5 Å². The van der Waals surface area contributed by atoms with Crippen molar-refractivity contribution in [2.24, 2.45) is 11.7 Å². The van der Waals surface area contributed by atoms with E-state index in [9.17, 15) is 4.79 Å². The maximum Gasteiger partial charge on any atom is 0.224 e. The summed E-state index contributed by atoms with van der Waals surface area (Å²) in [6.07, 6.45) is 9.10. The van der Waals surface area contributed by atoms with E-state index in [1.165, 1.54) is 16.3 Å². The van der Waals surface area contributed by atoms with Crippen LogP contribution in [0.2, 0.25) is 0 Å². The number of amides is 1. The first-order valence-corrected chi connectivity index (χ1v) is 8.32. The minimum absolute atomic E-state index is 0.0889. The van der Waals surface area contributed by atoms with Crippen molar-refractivity contribution in [2.45, 2.75) is 18.4 Å². The lowest BCUT2D eigenvalue weighted by Gasteiger charge is -2.32. The monoisotopic (exact) mass is 316 g/mol. The molecule has 24 heavy (non-hydrogen) atoms. The van der Waals surface area contributed by atoms with E-state index in [1.807, 2.05) is 30.3 Å². The van der Waals surface area contributed by atoms with Crippen molar-refractivity contribution in [3.05, 3.63) is 84.7 Å². The number of primary amides is 1. The Morgan fingerprint density at radius 3 is 2.50 bits per heavy atom. The van der Waals surface area contributed by atoms with E-state index in [2.05, 4.69) is 53.4 Å². The average Bonchev–Trinajstić information content (AvgIpc) is 3.15. The topological polar surface area (TPSA) is 48.0 Å². The minimum atomic E-state index is -0.261. The normalized spacial score (nSPS) is 23.4. The lowest BCUT2D eigenvalue weighted by Crippen LogP contribution is -2.31. The molecule has 2 aromatic carbocycles. The number of nitrogens with two attached hydrogens (primary N) is 1. The number of nitrogens with zero attached hydrogens (tertiary/aromatic N) is 1. The molecule has 3 atom stereocenters. The highest BCUT2D eigenvalue weighted by Gasteiger charge is 2.32. The number of carbonyl (C=O) groups is 1. The fraction of sp³-hybridized carbons (Fsp3) is 0.190. The second-order valence-electron chi connectivity index (χ2n) is 6.42. The number of benzene rings is 2. The van der Waals surface area contributed by atoms with Gasteiger partial charge in [0.15, 0.2) is 0 Å². The van der Waals surface area contributed by atoms with Crippen LogP contribution in [0, 0.1) is 5.92 Å². The molecule has 0 saturated carbocycles. The zero-order chi connectivity index (χ0) is 16.5. The standard InChI is InChI=1S/C21H20N2O/c22-21(24)19-11-10-16(23-12-3-4-13-23)14-20(19)18-9-5-7-15-6-1-2-8-17(15)18/h1-13,16,19-20H,14H2,(H2,22,24). The molecular formula is C21H20N2O. The molecule has 0 saturated heterocycles. The van der Waals surface area contributed by atoms with Crippen molar-refractivity contribution in [1.82, 2.24) is 4.57 Å². The summed E-state index contributed by atoms with van der Waals surface area (Å²) < 4.78 is 2.19. The Morgan fingerprint density at radius 2 is 1.71 bits per heavy atom. The van der Waals surface area contributed by atoms with E-state index in [0.29, 0.717) is 0 Å². The molecule has 3 nitrogen and oxygen atoms in total. The maximum absolute atomic E-state index is 12.0.